The molecule has 0 saturated heterocycles. The van der Waals surface area contributed by atoms with Crippen LogP contribution in [0.5, 0.6) is 0 Å². The maximum Gasteiger partial charge on any atom is 0.261 e. The average molecular weight is 380 g/mol. The second kappa shape index (κ2) is 5.59. The molecule has 8 heteroatoms. The Morgan fingerprint density at radius 2 is 1.90 bits per heavy atom. The van der Waals surface area contributed by atoms with Crippen LogP contribution < -0.4 is 10.5 Å². The van der Waals surface area contributed by atoms with E-state index in [1.807, 2.05) is 0 Å². The smallest absolute Gasteiger partial charge is 0.261 e. The number of nitrogens with one attached hydrogen (secondary N) is 1. The molecule has 0 amide bonds. The minimum atomic E-state index is -3.85. The van der Waals surface area contributed by atoms with Crippen LogP contribution in [-0.4, -0.2) is 8.42 Å². The van der Waals surface area contributed by atoms with Crippen LogP contribution in [0, 0.1) is 5.82 Å². The molecule has 0 heterocycles. The summed E-state index contributed by atoms with van der Waals surface area (Å²) in [6, 6.07) is 7.85. The van der Waals surface area contributed by atoms with Gasteiger partial charge in [-0.3, -0.25) is 4.72 Å². The summed E-state index contributed by atoms with van der Waals surface area (Å²) in [7, 11) is -3.85. The van der Waals surface area contributed by atoms with E-state index < -0.39 is 15.8 Å². The Hall–Kier alpha value is -1.31. The third-order valence-corrected chi connectivity index (χ3v) is 4.82. The number of anilines is 2. The third kappa shape index (κ3) is 3.23. The first-order valence-corrected chi connectivity index (χ1v) is 7.98. The van der Waals surface area contributed by atoms with E-state index in [2.05, 4.69) is 20.7 Å². The van der Waals surface area contributed by atoms with Crippen molar-refractivity contribution in [2.75, 3.05) is 10.5 Å². The van der Waals surface area contributed by atoms with Crippen molar-refractivity contribution >= 4 is 48.9 Å². The van der Waals surface area contributed by atoms with Crippen LogP contribution in [-0.2, 0) is 10.0 Å². The Labute approximate surface area is 128 Å². The lowest BCUT2D eigenvalue weighted by molar-refractivity contribution is 0.601. The Bertz CT molecular complexity index is 768. The summed E-state index contributed by atoms with van der Waals surface area (Å²) >= 11 is 8.72. The van der Waals surface area contributed by atoms with E-state index in [4.69, 9.17) is 17.3 Å². The van der Waals surface area contributed by atoms with Crippen molar-refractivity contribution in [2.45, 2.75) is 4.90 Å². The van der Waals surface area contributed by atoms with Crippen molar-refractivity contribution in [3.63, 3.8) is 0 Å². The molecule has 0 fully saturated rings. The number of rotatable bonds is 3. The first-order valence-electron chi connectivity index (χ1n) is 5.32. The zero-order valence-corrected chi connectivity index (χ0v) is 13.1. The largest absolute Gasteiger partial charge is 0.397 e. The minimum absolute atomic E-state index is 0.0530. The molecule has 2 rings (SSSR count). The summed E-state index contributed by atoms with van der Waals surface area (Å²) in [5.74, 6) is -0.569. The number of nitrogen functional groups attached to an aromatic ring is 1. The van der Waals surface area contributed by atoms with Gasteiger partial charge in [0.1, 0.15) is 5.82 Å². The summed E-state index contributed by atoms with van der Waals surface area (Å²) < 4.78 is 40.1. The first kappa shape index (κ1) is 15.1. The van der Waals surface area contributed by atoms with E-state index in [1.54, 1.807) is 0 Å². The molecule has 0 aromatic heterocycles. The van der Waals surface area contributed by atoms with Crippen LogP contribution in [0.3, 0.4) is 0 Å². The van der Waals surface area contributed by atoms with Gasteiger partial charge in [-0.2, -0.15) is 0 Å². The van der Waals surface area contributed by atoms with Crippen molar-refractivity contribution in [1.29, 1.82) is 0 Å². The van der Waals surface area contributed by atoms with Crippen LogP contribution in [0.2, 0.25) is 5.02 Å². The average Bonchev–Trinajstić information content (AvgIpc) is 2.37. The number of benzene rings is 2. The van der Waals surface area contributed by atoms with Gasteiger partial charge in [0.05, 0.1) is 25.8 Å². The zero-order valence-electron chi connectivity index (χ0n) is 9.90. The molecule has 4 nitrogen and oxygen atoms in total. The minimum Gasteiger partial charge on any atom is -0.397 e. The van der Waals surface area contributed by atoms with Crippen LogP contribution in [0.25, 0.3) is 0 Å². The number of nitrogens with two attached hydrogens (primary N) is 1. The van der Waals surface area contributed by atoms with Crippen molar-refractivity contribution < 1.29 is 12.8 Å². The second-order valence-electron chi connectivity index (χ2n) is 3.92. The quantitative estimate of drug-likeness (QED) is 0.800. The summed E-state index contributed by atoms with van der Waals surface area (Å²) in [5.41, 5.74) is 5.82. The predicted molar refractivity (Wildman–Crippen MR) is 80.8 cm³/mol. The molecular formula is C12H9BrClFN2O2S. The third-order valence-electron chi connectivity index (χ3n) is 2.45. The van der Waals surface area contributed by atoms with Gasteiger partial charge in [0, 0.05) is 0 Å². The number of sulfonamides is 1. The highest BCUT2D eigenvalue weighted by Crippen LogP contribution is 2.25. The molecule has 2 aromatic carbocycles. The molecule has 0 spiro atoms. The molecule has 20 heavy (non-hydrogen) atoms. The van der Waals surface area contributed by atoms with Gasteiger partial charge < -0.3 is 5.73 Å². The molecule has 2 aromatic rings. The van der Waals surface area contributed by atoms with E-state index in [-0.39, 0.29) is 25.8 Å². The fraction of sp³-hybridized carbons (Fsp3) is 0. The van der Waals surface area contributed by atoms with Crippen molar-refractivity contribution in [1.82, 2.24) is 0 Å². The van der Waals surface area contributed by atoms with Crippen molar-refractivity contribution in [3.8, 4) is 0 Å². The Balaban J connectivity index is 2.35. The standard InChI is InChI=1S/C12H9BrClFN2O2S/c13-9-3-1-7(5-11(9)15)17-20(18,19)8-2-4-10(14)12(16)6-8/h1-6,17H,16H2. The van der Waals surface area contributed by atoms with Crippen molar-refractivity contribution in [3.05, 3.63) is 51.7 Å². The molecule has 0 aliphatic heterocycles. The Morgan fingerprint density at radius 3 is 2.50 bits per heavy atom. The number of halogens is 3. The molecule has 0 bridgehead atoms. The van der Waals surface area contributed by atoms with Gasteiger partial charge in [-0.1, -0.05) is 11.6 Å². The molecule has 0 radical (unpaired) electrons. The fourth-order valence-corrected chi connectivity index (χ4v) is 2.91. The van der Waals surface area contributed by atoms with Crippen molar-refractivity contribution in [2.24, 2.45) is 0 Å². The van der Waals surface area contributed by atoms with E-state index in [1.165, 1.54) is 30.3 Å². The van der Waals surface area contributed by atoms with Crippen LogP contribution in [0.4, 0.5) is 15.8 Å². The molecule has 0 atom stereocenters. The van der Waals surface area contributed by atoms with E-state index in [0.29, 0.717) is 0 Å². The topological polar surface area (TPSA) is 72.2 Å². The highest BCUT2D eigenvalue weighted by molar-refractivity contribution is 9.10. The number of hydrogen-bond donors (Lipinski definition) is 2. The lowest BCUT2D eigenvalue weighted by atomic mass is 10.3. The van der Waals surface area contributed by atoms with Gasteiger partial charge in [-0.05, 0) is 52.3 Å². The van der Waals surface area contributed by atoms with E-state index in [9.17, 15) is 12.8 Å². The van der Waals surface area contributed by atoms with Crippen LogP contribution >= 0.6 is 27.5 Å². The number of hydrogen-bond acceptors (Lipinski definition) is 3. The molecule has 0 aliphatic carbocycles. The molecular weight excluding hydrogens is 371 g/mol. The van der Waals surface area contributed by atoms with Gasteiger partial charge in [0.25, 0.3) is 10.0 Å². The molecule has 0 unspecified atom stereocenters. The van der Waals surface area contributed by atoms with E-state index in [0.717, 1.165) is 6.07 Å². The highest BCUT2D eigenvalue weighted by atomic mass is 79.9. The monoisotopic (exact) mass is 378 g/mol. The van der Waals surface area contributed by atoms with Gasteiger partial charge in [0.2, 0.25) is 0 Å². The normalized spacial score (nSPS) is 11.3. The van der Waals surface area contributed by atoms with Gasteiger partial charge >= 0.3 is 0 Å². The first-order chi connectivity index (χ1) is 9.29. The predicted octanol–water partition coefficient (Wildman–Crippen LogP) is 3.62. The fourth-order valence-electron chi connectivity index (χ4n) is 1.46. The molecule has 106 valence electrons. The lowest BCUT2D eigenvalue weighted by Gasteiger charge is -2.09. The second-order valence-corrected chi connectivity index (χ2v) is 6.86. The molecule has 0 saturated carbocycles. The maximum absolute atomic E-state index is 13.4. The molecule has 0 aliphatic rings. The maximum atomic E-state index is 13.4. The Morgan fingerprint density at radius 1 is 1.20 bits per heavy atom. The zero-order chi connectivity index (χ0) is 14.9. The van der Waals surface area contributed by atoms with Crippen LogP contribution in [0.15, 0.2) is 45.8 Å². The highest BCUT2D eigenvalue weighted by Gasteiger charge is 2.16. The van der Waals surface area contributed by atoms with E-state index >= 15 is 0 Å². The van der Waals surface area contributed by atoms with Gasteiger partial charge in [0.15, 0.2) is 0 Å². The molecule has 3 N–H and O–H groups in total. The lowest BCUT2D eigenvalue weighted by Crippen LogP contribution is -2.13. The summed E-state index contributed by atoms with van der Waals surface area (Å²) in [6.07, 6.45) is 0. The summed E-state index contributed by atoms with van der Waals surface area (Å²) in [5, 5.41) is 0.263. The van der Waals surface area contributed by atoms with Gasteiger partial charge in [-0.25, -0.2) is 12.8 Å². The van der Waals surface area contributed by atoms with Gasteiger partial charge in [-0.15, -0.1) is 0 Å². The summed E-state index contributed by atoms with van der Waals surface area (Å²) in [6.45, 7) is 0. The SMILES string of the molecule is Nc1cc(S(=O)(=O)Nc2ccc(Br)c(F)c2)ccc1Cl. The Kier molecular flexibility index (Phi) is 4.22. The summed E-state index contributed by atoms with van der Waals surface area (Å²) in [4.78, 5) is -0.0530. The van der Waals surface area contributed by atoms with Crippen LogP contribution in [0.1, 0.15) is 0 Å².